The highest BCUT2D eigenvalue weighted by atomic mass is 14.2. The first kappa shape index (κ1) is 7.60. The van der Waals surface area contributed by atoms with Crippen LogP contribution in [0.5, 0.6) is 0 Å². The molecule has 2 aliphatic carbocycles. The lowest BCUT2D eigenvalue weighted by Gasteiger charge is -2.24. The van der Waals surface area contributed by atoms with E-state index in [1.54, 1.807) is 0 Å². The van der Waals surface area contributed by atoms with Crippen molar-refractivity contribution in [2.75, 3.05) is 0 Å². The lowest BCUT2D eigenvalue weighted by molar-refractivity contribution is 0.547. The largest absolute Gasteiger partial charge is 0.0918 e. The van der Waals surface area contributed by atoms with E-state index >= 15 is 0 Å². The minimum atomic E-state index is 0.649. The number of allylic oxidation sites excluding steroid dienone is 7. The SMILES string of the molecule is C=C1C=CC2CC(C)C=CC2=C1. The third-order valence-corrected chi connectivity index (χ3v) is 2.57. The summed E-state index contributed by atoms with van der Waals surface area (Å²) in [6.07, 6.45) is 12.4. The Balaban J connectivity index is 2.31. The van der Waals surface area contributed by atoms with Gasteiger partial charge >= 0.3 is 0 Å². The van der Waals surface area contributed by atoms with Crippen LogP contribution in [0, 0.1) is 11.8 Å². The Kier molecular flexibility index (Phi) is 1.76. The zero-order valence-electron chi connectivity index (χ0n) is 7.46. The predicted molar refractivity (Wildman–Crippen MR) is 52.8 cm³/mol. The Morgan fingerprint density at radius 1 is 1.33 bits per heavy atom. The summed E-state index contributed by atoms with van der Waals surface area (Å²) in [5.41, 5.74) is 2.56. The number of hydrogen-bond acceptors (Lipinski definition) is 0. The van der Waals surface area contributed by atoms with E-state index in [0.29, 0.717) is 5.92 Å². The highest BCUT2D eigenvalue weighted by Gasteiger charge is 2.18. The number of rotatable bonds is 0. The average molecular weight is 158 g/mol. The molecule has 0 N–H and O–H groups in total. The van der Waals surface area contributed by atoms with Crippen LogP contribution in [0.25, 0.3) is 0 Å². The molecule has 0 saturated carbocycles. The fourth-order valence-electron chi connectivity index (χ4n) is 1.86. The molecular weight excluding hydrogens is 144 g/mol. The van der Waals surface area contributed by atoms with Gasteiger partial charge in [0.15, 0.2) is 0 Å². The molecule has 0 aromatic rings. The van der Waals surface area contributed by atoms with Crippen LogP contribution in [-0.2, 0) is 0 Å². The second-order valence-electron chi connectivity index (χ2n) is 3.76. The Hall–Kier alpha value is -1.04. The Morgan fingerprint density at radius 3 is 3.00 bits per heavy atom. The molecule has 0 saturated heterocycles. The predicted octanol–water partition coefficient (Wildman–Crippen LogP) is 3.25. The van der Waals surface area contributed by atoms with E-state index in [9.17, 15) is 0 Å². The first-order valence-corrected chi connectivity index (χ1v) is 4.52. The molecule has 0 heteroatoms. The first-order valence-electron chi connectivity index (χ1n) is 4.52. The van der Waals surface area contributed by atoms with Crippen LogP contribution in [-0.4, -0.2) is 0 Å². The molecule has 2 atom stereocenters. The topological polar surface area (TPSA) is 0 Å². The van der Waals surface area contributed by atoms with Gasteiger partial charge in [0.25, 0.3) is 0 Å². The molecule has 0 fully saturated rings. The third kappa shape index (κ3) is 1.29. The normalized spacial score (nSPS) is 33.1. The van der Waals surface area contributed by atoms with Gasteiger partial charge in [-0.25, -0.2) is 0 Å². The van der Waals surface area contributed by atoms with Gasteiger partial charge in [0.05, 0.1) is 0 Å². The van der Waals surface area contributed by atoms with Crippen molar-refractivity contribution in [3.05, 3.63) is 48.1 Å². The molecule has 0 aromatic carbocycles. The van der Waals surface area contributed by atoms with Gasteiger partial charge in [-0.05, 0) is 23.5 Å². The molecule has 0 spiro atoms. The van der Waals surface area contributed by atoms with Gasteiger partial charge in [0.1, 0.15) is 0 Å². The highest BCUT2D eigenvalue weighted by Crippen LogP contribution is 2.32. The van der Waals surface area contributed by atoms with E-state index in [1.807, 2.05) is 0 Å². The van der Waals surface area contributed by atoms with E-state index in [2.05, 4.69) is 43.9 Å². The standard InChI is InChI=1S/C12H14/c1-9-3-5-12-8-10(2)4-6-11(12)7-9/h3-7,10,12H,1,8H2,2H3. The van der Waals surface area contributed by atoms with Crippen LogP contribution in [0.3, 0.4) is 0 Å². The molecule has 2 aliphatic rings. The van der Waals surface area contributed by atoms with Gasteiger partial charge in [0.2, 0.25) is 0 Å². The second-order valence-corrected chi connectivity index (χ2v) is 3.76. The Bertz CT molecular complexity index is 289. The number of hydrogen-bond donors (Lipinski definition) is 0. The molecule has 0 aliphatic heterocycles. The summed E-state index contributed by atoms with van der Waals surface area (Å²) in [5, 5.41) is 0. The zero-order chi connectivity index (χ0) is 8.55. The van der Waals surface area contributed by atoms with Gasteiger partial charge in [-0.3, -0.25) is 0 Å². The summed E-state index contributed by atoms with van der Waals surface area (Å²) in [4.78, 5) is 0. The summed E-state index contributed by atoms with van der Waals surface area (Å²) in [6.45, 7) is 6.20. The molecule has 0 nitrogen and oxygen atoms in total. The smallest absolute Gasteiger partial charge is 0.00268 e. The molecule has 0 heterocycles. The van der Waals surface area contributed by atoms with Crippen molar-refractivity contribution >= 4 is 0 Å². The van der Waals surface area contributed by atoms with Gasteiger partial charge in [0, 0.05) is 5.92 Å². The number of fused-ring (bicyclic) bond motifs is 1. The van der Waals surface area contributed by atoms with E-state index < -0.39 is 0 Å². The molecule has 2 unspecified atom stereocenters. The van der Waals surface area contributed by atoms with Crippen molar-refractivity contribution in [1.82, 2.24) is 0 Å². The van der Waals surface area contributed by atoms with Gasteiger partial charge in [-0.1, -0.05) is 43.9 Å². The van der Waals surface area contributed by atoms with Gasteiger partial charge < -0.3 is 0 Å². The third-order valence-electron chi connectivity index (χ3n) is 2.57. The second kappa shape index (κ2) is 2.78. The molecular formula is C12H14. The van der Waals surface area contributed by atoms with Crippen molar-refractivity contribution in [2.45, 2.75) is 13.3 Å². The summed E-state index contributed by atoms with van der Waals surface area (Å²) in [7, 11) is 0. The van der Waals surface area contributed by atoms with Crippen molar-refractivity contribution in [1.29, 1.82) is 0 Å². The summed E-state index contributed by atoms with van der Waals surface area (Å²) in [6, 6.07) is 0. The molecule has 0 amide bonds. The van der Waals surface area contributed by atoms with Crippen molar-refractivity contribution in [3.8, 4) is 0 Å². The van der Waals surface area contributed by atoms with Crippen LogP contribution >= 0.6 is 0 Å². The van der Waals surface area contributed by atoms with Crippen LogP contribution in [0.1, 0.15) is 13.3 Å². The molecule has 0 radical (unpaired) electrons. The van der Waals surface area contributed by atoms with Crippen LogP contribution in [0.2, 0.25) is 0 Å². The molecule has 62 valence electrons. The van der Waals surface area contributed by atoms with E-state index in [1.165, 1.54) is 12.0 Å². The van der Waals surface area contributed by atoms with Gasteiger partial charge in [-0.2, -0.15) is 0 Å². The van der Waals surface area contributed by atoms with Crippen molar-refractivity contribution < 1.29 is 0 Å². The summed E-state index contributed by atoms with van der Waals surface area (Å²) in [5.74, 6) is 1.37. The van der Waals surface area contributed by atoms with Crippen molar-refractivity contribution in [3.63, 3.8) is 0 Å². The first-order chi connectivity index (χ1) is 5.75. The van der Waals surface area contributed by atoms with E-state index in [4.69, 9.17) is 0 Å². The maximum atomic E-state index is 3.93. The van der Waals surface area contributed by atoms with Crippen molar-refractivity contribution in [2.24, 2.45) is 11.8 Å². The fraction of sp³-hybridized carbons (Fsp3) is 0.333. The fourth-order valence-corrected chi connectivity index (χ4v) is 1.86. The Morgan fingerprint density at radius 2 is 2.17 bits per heavy atom. The van der Waals surface area contributed by atoms with Gasteiger partial charge in [-0.15, -0.1) is 0 Å². The summed E-state index contributed by atoms with van der Waals surface area (Å²) >= 11 is 0. The lowest BCUT2D eigenvalue weighted by atomic mass is 9.80. The minimum Gasteiger partial charge on any atom is -0.0918 e. The van der Waals surface area contributed by atoms with Crippen LogP contribution in [0.15, 0.2) is 48.1 Å². The Labute approximate surface area is 74.0 Å². The quantitative estimate of drug-likeness (QED) is 0.507. The molecule has 0 aromatic heterocycles. The molecule has 0 bridgehead atoms. The highest BCUT2D eigenvalue weighted by molar-refractivity contribution is 5.44. The monoisotopic (exact) mass is 158 g/mol. The maximum absolute atomic E-state index is 3.93. The molecule has 12 heavy (non-hydrogen) atoms. The van der Waals surface area contributed by atoms with E-state index in [-0.39, 0.29) is 0 Å². The molecule has 2 rings (SSSR count). The zero-order valence-corrected chi connectivity index (χ0v) is 7.46. The van der Waals surface area contributed by atoms with E-state index in [0.717, 1.165) is 11.5 Å². The lowest BCUT2D eigenvalue weighted by Crippen LogP contribution is -2.11. The minimum absolute atomic E-state index is 0.649. The van der Waals surface area contributed by atoms with Crippen LogP contribution in [0.4, 0.5) is 0 Å². The summed E-state index contributed by atoms with van der Waals surface area (Å²) < 4.78 is 0. The van der Waals surface area contributed by atoms with Crippen LogP contribution < -0.4 is 0 Å². The maximum Gasteiger partial charge on any atom is 0.00268 e. The average Bonchev–Trinajstić information content (AvgIpc) is 2.05.